The molecule has 0 fully saturated rings. The molecule has 0 aliphatic rings. The quantitative estimate of drug-likeness (QED) is 0.306. The Morgan fingerprint density at radius 2 is 1.78 bits per heavy atom. The fraction of sp³-hybridized carbons (Fsp3) is 0.167. The standard InChI is InChI=1S/C24H20F3N5O4S/c1-3-35-22(33)19-12-37-13-20(19)29-23(34)31(2)16-6-4-15(5-7-16)21-28-14-32(30-21)17-8-10-18(11-9-17)36-24(25,26)27/h4-14H,3H2,1-2H3,(H,29,34). The molecular weight excluding hydrogens is 511 g/mol. The zero-order valence-corrected chi connectivity index (χ0v) is 20.3. The van der Waals surface area contributed by atoms with Crippen LogP contribution in [0.4, 0.5) is 29.3 Å². The van der Waals surface area contributed by atoms with E-state index in [1.807, 2.05) is 0 Å². The number of rotatable bonds is 7. The van der Waals surface area contributed by atoms with Crippen molar-refractivity contribution in [2.24, 2.45) is 0 Å². The van der Waals surface area contributed by atoms with Gasteiger partial charge in [0.1, 0.15) is 12.1 Å². The van der Waals surface area contributed by atoms with E-state index in [1.54, 1.807) is 49.0 Å². The number of esters is 1. The first kappa shape index (κ1) is 25.7. The van der Waals surface area contributed by atoms with E-state index in [0.29, 0.717) is 28.5 Å². The summed E-state index contributed by atoms with van der Waals surface area (Å²) in [7, 11) is 1.58. The number of hydrogen-bond acceptors (Lipinski definition) is 7. The van der Waals surface area contributed by atoms with Gasteiger partial charge in [-0.1, -0.05) is 0 Å². The third kappa shape index (κ3) is 6.25. The van der Waals surface area contributed by atoms with Crippen molar-refractivity contribution < 1.29 is 32.2 Å². The van der Waals surface area contributed by atoms with Gasteiger partial charge >= 0.3 is 18.4 Å². The third-order valence-electron chi connectivity index (χ3n) is 5.04. The number of ether oxygens (including phenoxy) is 2. The van der Waals surface area contributed by atoms with Crippen LogP contribution in [0.1, 0.15) is 17.3 Å². The third-order valence-corrected chi connectivity index (χ3v) is 5.79. The van der Waals surface area contributed by atoms with Gasteiger partial charge in [-0.2, -0.15) is 0 Å². The number of alkyl halides is 3. The first-order valence-electron chi connectivity index (χ1n) is 10.8. The number of carbonyl (C=O) groups excluding carboxylic acids is 2. The molecule has 0 radical (unpaired) electrons. The van der Waals surface area contributed by atoms with Crippen LogP contribution in [0.3, 0.4) is 0 Å². The average molecular weight is 532 g/mol. The van der Waals surface area contributed by atoms with Crippen LogP contribution in [0.15, 0.2) is 65.6 Å². The van der Waals surface area contributed by atoms with Gasteiger partial charge in [-0.05, 0) is 55.5 Å². The number of nitrogens with one attached hydrogen (secondary N) is 1. The maximum Gasteiger partial charge on any atom is 0.573 e. The van der Waals surface area contributed by atoms with Gasteiger partial charge in [0.05, 0.1) is 23.5 Å². The lowest BCUT2D eigenvalue weighted by Gasteiger charge is -2.18. The van der Waals surface area contributed by atoms with Crippen molar-refractivity contribution in [3.8, 4) is 22.8 Å². The van der Waals surface area contributed by atoms with Crippen LogP contribution in [-0.2, 0) is 4.74 Å². The number of anilines is 2. The van der Waals surface area contributed by atoms with E-state index in [-0.39, 0.29) is 17.9 Å². The molecule has 0 saturated carbocycles. The zero-order valence-electron chi connectivity index (χ0n) is 19.5. The summed E-state index contributed by atoms with van der Waals surface area (Å²) in [6.07, 6.45) is -3.33. The van der Waals surface area contributed by atoms with E-state index in [2.05, 4.69) is 20.1 Å². The second kappa shape index (κ2) is 10.7. The number of carbonyl (C=O) groups is 2. The maximum absolute atomic E-state index is 12.7. The van der Waals surface area contributed by atoms with E-state index < -0.39 is 18.4 Å². The Balaban J connectivity index is 1.42. The lowest BCUT2D eigenvalue weighted by molar-refractivity contribution is -0.274. The molecule has 4 rings (SSSR count). The molecule has 13 heteroatoms. The molecule has 0 spiro atoms. The molecule has 0 bridgehead atoms. The summed E-state index contributed by atoms with van der Waals surface area (Å²) < 4.78 is 47.3. The number of aromatic nitrogens is 3. The maximum atomic E-state index is 12.7. The molecule has 2 heterocycles. The van der Waals surface area contributed by atoms with Crippen LogP contribution in [-0.4, -0.2) is 46.8 Å². The highest BCUT2D eigenvalue weighted by Crippen LogP contribution is 2.26. The van der Waals surface area contributed by atoms with Crippen molar-refractivity contribution in [1.82, 2.24) is 14.8 Å². The van der Waals surface area contributed by atoms with Crippen molar-refractivity contribution in [3.05, 3.63) is 71.2 Å². The summed E-state index contributed by atoms with van der Waals surface area (Å²) in [6, 6.07) is 11.7. The Bertz CT molecular complexity index is 1380. The molecule has 4 aromatic rings. The molecule has 1 N–H and O–H groups in total. The number of hydrogen-bond donors (Lipinski definition) is 1. The van der Waals surface area contributed by atoms with Crippen molar-refractivity contribution in [2.45, 2.75) is 13.3 Å². The largest absolute Gasteiger partial charge is 0.573 e. The van der Waals surface area contributed by atoms with Gasteiger partial charge in [0.2, 0.25) is 0 Å². The predicted molar refractivity (Wildman–Crippen MR) is 131 cm³/mol. The molecule has 0 saturated heterocycles. The summed E-state index contributed by atoms with van der Waals surface area (Å²) in [4.78, 5) is 30.4. The van der Waals surface area contributed by atoms with Crippen molar-refractivity contribution in [1.29, 1.82) is 0 Å². The van der Waals surface area contributed by atoms with Crippen molar-refractivity contribution in [2.75, 3.05) is 23.9 Å². The average Bonchev–Trinajstić information content (AvgIpc) is 3.53. The predicted octanol–water partition coefficient (Wildman–Crippen LogP) is 5.74. The van der Waals surface area contributed by atoms with Crippen LogP contribution < -0.4 is 15.0 Å². The Morgan fingerprint density at radius 1 is 1.08 bits per heavy atom. The number of urea groups is 1. The molecular formula is C24H20F3N5O4S. The fourth-order valence-electron chi connectivity index (χ4n) is 3.23. The van der Waals surface area contributed by atoms with Crippen LogP contribution >= 0.6 is 11.3 Å². The molecule has 9 nitrogen and oxygen atoms in total. The molecule has 2 amide bonds. The monoisotopic (exact) mass is 531 g/mol. The van der Waals surface area contributed by atoms with E-state index in [4.69, 9.17) is 4.74 Å². The summed E-state index contributed by atoms with van der Waals surface area (Å²) in [5.41, 5.74) is 2.39. The van der Waals surface area contributed by atoms with Crippen molar-refractivity contribution >= 4 is 34.7 Å². The number of halogens is 3. The Morgan fingerprint density at radius 3 is 2.43 bits per heavy atom. The smallest absolute Gasteiger partial charge is 0.462 e. The number of amides is 2. The topological polar surface area (TPSA) is 98.6 Å². The van der Waals surface area contributed by atoms with Crippen molar-refractivity contribution in [3.63, 3.8) is 0 Å². The highest BCUT2D eigenvalue weighted by Gasteiger charge is 2.31. The summed E-state index contributed by atoms with van der Waals surface area (Å²) in [6.45, 7) is 1.93. The minimum atomic E-state index is -4.77. The first-order chi connectivity index (χ1) is 17.6. The number of thiophene rings is 1. The fourth-order valence-corrected chi connectivity index (χ4v) is 3.98. The molecule has 2 aromatic carbocycles. The SMILES string of the molecule is CCOC(=O)c1cscc1NC(=O)N(C)c1ccc(-c2ncn(-c3ccc(OC(F)(F)F)cc3)n2)cc1. The van der Waals surface area contributed by atoms with Gasteiger partial charge in [-0.25, -0.2) is 19.3 Å². The van der Waals surface area contributed by atoms with E-state index in [1.165, 1.54) is 51.5 Å². The normalized spacial score (nSPS) is 11.2. The molecule has 0 aliphatic heterocycles. The van der Waals surface area contributed by atoms with Crippen LogP contribution in [0.2, 0.25) is 0 Å². The second-order valence-electron chi connectivity index (χ2n) is 7.51. The molecule has 37 heavy (non-hydrogen) atoms. The van der Waals surface area contributed by atoms with Gasteiger partial charge in [0.15, 0.2) is 5.82 Å². The molecule has 0 aliphatic carbocycles. The summed E-state index contributed by atoms with van der Waals surface area (Å²) in [5.74, 6) is -0.466. The van der Waals surface area contributed by atoms with E-state index >= 15 is 0 Å². The van der Waals surface area contributed by atoms with Gasteiger partial charge < -0.3 is 14.8 Å². The molecule has 0 unspecified atom stereocenters. The molecule has 0 atom stereocenters. The van der Waals surface area contributed by atoms with Gasteiger partial charge in [0, 0.05) is 29.1 Å². The Kier molecular flexibility index (Phi) is 7.43. The Hall–Kier alpha value is -4.39. The van der Waals surface area contributed by atoms with Gasteiger partial charge in [0.25, 0.3) is 0 Å². The highest BCUT2D eigenvalue weighted by molar-refractivity contribution is 7.08. The molecule has 2 aromatic heterocycles. The minimum Gasteiger partial charge on any atom is -0.462 e. The lowest BCUT2D eigenvalue weighted by Crippen LogP contribution is -2.31. The van der Waals surface area contributed by atoms with Crippen LogP contribution in [0.5, 0.6) is 5.75 Å². The van der Waals surface area contributed by atoms with Gasteiger partial charge in [-0.3, -0.25) is 4.90 Å². The summed E-state index contributed by atoms with van der Waals surface area (Å²) >= 11 is 1.27. The van der Waals surface area contributed by atoms with Crippen LogP contribution in [0, 0.1) is 0 Å². The number of benzene rings is 2. The molecule has 192 valence electrons. The first-order valence-corrected chi connectivity index (χ1v) is 11.7. The van der Waals surface area contributed by atoms with Gasteiger partial charge in [-0.15, -0.1) is 29.6 Å². The number of nitrogens with zero attached hydrogens (tertiary/aromatic N) is 4. The van der Waals surface area contributed by atoms with E-state index in [9.17, 15) is 22.8 Å². The lowest BCUT2D eigenvalue weighted by atomic mass is 10.2. The highest BCUT2D eigenvalue weighted by atomic mass is 32.1. The van der Waals surface area contributed by atoms with E-state index in [0.717, 1.165) is 0 Å². The second-order valence-corrected chi connectivity index (χ2v) is 8.25. The zero-order chi connectivity index (χ0) is 26.6. The van der Waals surface area contributed by atoms with Crippen LogP contribution in [0.25, 0.3) is 17.1 Å². The Labute approximate surface area is 213 Å². The minimum absolute atomic E-state index is 0.227. The summed E-state index contributed by atoms with van der Waals surface area (Å²) in [5, 5.41) is 10.3.